The monoisotopic (exact) mass is 417 g/mol. The Hall–Kier alpha value is -1.79. The molecule has 0 aromatic heterocycles. The average molecular weight is 418 g/mol. The summed E-state index contributed by atoms with van der Waals surface area (Å²) in [5, 5.41) is 4.47. The van der Waals surface area contributed by atoms with Crippen molar-refractivity contribution in [1.29, 1.82) is 0 Å². The third-order valence-electron chi connectivity index (χ3n) is 6.18. The number of hydrogen-bond donors (Lipinski definition) is 1. The Bertz CT molecular complexity index is 740. The molecule has 1 aliphatic carbocycles. The van der Waals surface area contributed by atoms with E-state index in [0.717, 1.165) is 76.1 Å². The smallest absolute Gasteiger partial charge is 0.236 e. The third kappa shape index (κ3) is 5.23. The fourth-order valence-corrected chi connectivity index (χ4v) is 4.59. The summed E-state index contributed by atoms with van der Waals surface area (Å²) >= 11 is 6.15. The minimum Gasteiger partial charge on any atom is -0.353 e. The van der Waals surface area contributed by atoms with E-state index in [1.54, 1.807) is 0 Å². The molecule has 158 valence electrons. The first-order chi connectivity index (χ1) is 14.1. The van der Waals surface area contributed by atoms with Gasteiger partial charge in [0.15, 0.2) is 5.96 Å². The number of aliphatic imine (C=N–C) groups is 1. The van der Waals surface area contributed by atoms with Gasteiger partial charge in [-0.1, -0.05) is 23.7 Å². The summed E-state index contributed by atoms with van der Waals surface area (Å²) in [5.74, 6) is 1.81. The molecule has 0 bridgehead atoms. The molecule has 4 rings (SSSR count). The van der Waals surface area contributed by atoms with Gasteiger partial charge in [0.05, 0.1) is 6.54 Å². The Balaban J connectivity index is 1.27. The maximum absolute atomic E-state index is 12.4. The fourth-order valence-electron chi connectivity index (χ4n) is 4.39. The molecule has 6 nitrogen and oxygen atoms in total. The lowest BCUT2D eigenvalue weighted by Crippen LogP contribution is -2.54. The molecule has 2 aliphatic heterocycles. The number of benzene rings is 1. The summed E-state index contributed by atoms with van der Waals surface area (Å²) in [6, 6.07) is 8.60. The molecule has 1 N–H and O–H groups in total. The van der Waals surface area contributed by atoms with E-state index in [-0.39, 0.29) is 0 Å². The number of rotatable bonds is 5. The van der Waals surface area contributed by atoms with E-state index >= 15 is 0 Å². The number of likely N-dealkylation sites (tertiary alicyclic amines) is 1. The fraction of sp³-hybridized carbons (Fsp3) is 0.636. The molecule has 7 heteroatoms. The van der Waals surface area contributed by atoms with Crippen LogP contribution in [0.4, 0.5) is 0 Å². The maximum Gasteiger partial charge on any atom is 0.236 e. The van der Waals surface area contributed by atoms with Crippen molar-refractivity contribution < 1.29 is 4.79 Å². The lowest BCUT2D eigenvalue weighted by Gasteiger charge is -2.36. The summed E-state index contributed by atoms with van der Waals surface area (Å²) in [7, 11) is 0. The van der Waals surface area contributed by atoms with Gasteiger partial charge in [-0.2, -0.15) is 0 Å². The van der Waals surface area contributed by atoms with Crippen LogP contribution in [0, 0.1) is 0 Å². The molecule has 0 spiro atoms. The van der Waals surface area contributed by atoms with Gasteiger partial charge in [0, 0.05) is 62.8 Å². The van der Waals surface area contributed by atoms with Gasteiger partial charge in [0.2, 0.25) is 5.91 Å². The molecule has 1 aromatic carbocycles. The zero-order chi connectivity index (χ0) is 20.2. The first-order valence-electron chi connectivity index (χ1n) is 11.0. The van der Waals surface area contributed by atoms with Crippen LogP contribution in [0.5, 0.6) is 0 Å². The van der Waals surface area contributed by atoms with Crippen molar-refractivity contribution in [3.63, 3.8) is 0 Å². The zero-order valence-electron chi connectivity index (χ0n) is 17.3. The van der Waals surface area contributed by atoms with Crippen molar-refractivity contribution in [3.05, 3.63) is 34.9 Å². The summed E-state index contributed by atoms with van der Waals surface area (Å²) in [4.78, 5) is 23.8. The van der Waals surface area contributed by atoms with Crippen LogP contribution in [0.2, 0.25) is 5.02 Å². The highest BCUT2D eigenvalue weighted by Gasteiger charge is 2.40. The Morgan fingerprint density at radius 2 is 1.90 bits per heavy atom. The molecule has 1 amide bonds. The number of hydrogen-bond acceptors (Lipinski definition) is 3. The van der Waals surface area contributed by atoms with E-state index in [2.05, 4.69) is 34.2 Å². The van der Waals surface area contributed by atoms with Gasteiger partial charge < -0.3 is 15.1 Å². The summed E-state index contributed by atoms with van der Waals surface area (Å²) in [5.41, 5.74) is 1.30. The van der Waals surface area contributed by atoms with Gasteiger partial charge in [-0.15, -0.1) is 0 Å². The Morgan fingerprint density at radius 1 is 1.14 bits per heavy atom. The second-order valence-electron chi connectivity index (χ2n) is 8.30. The second kappa shape index (κ2) is 9.35. The van der Waals surface area contributed by atoms with Crippen LogP contribution >= 0.6 is 11.6 Å². The van der Waals surface area contributed by atoms with Gasteiger partial charge >= 0.3 is 0 Å². The highest BCUT2D eigenvalue weighted by atomic mass is 35.5. The minimum absolute atomic E-state index is 0.291. The minimum atomic E-state index is 0.291. The number of nitrogens with one attached hydrogen (secondary N) is 1. The van der Waals surface area contributed by atoms with Gasteiger partial charge in [0.25, 0.3) is 0 Å². The van der Waals surface area contributed by atoms with Crippen molar-refractivity contribution in [2.45, 2.75) is 38.1 Å². The first kappa shape index (κ1) is 20.5. The van der Waals surface area contributed by atoms with Crippen LogP contribution in [0.3, 0.4) is 0 Å². The lowest BCUT2D eigenvalue weighted by molar-refractivity contribution is -0.131. The second-order valence-corrected chi connectivity index (χ2v) is 8.73. The Labute approximate surface area is 178 Å². The van der Waals surface area contributed by atoms with Crippen LogP contribution in [-0.4, -0.2) is 85.0 Å². The normalized spacial score (nSPS) is 25.4. The molecule has 3 fully saturated rings. The molecule has 2 saturated heterocycles. The van der Waals surface area contributed by atoms with E-state index in [0.29, 0.717) is 24.4 Å². The quantitative estimate of drug-likeness (QED) is 0.590. The molecule has 1 saturated carbocycles. The van der Waals surface area contributed by atoms with Gasteiger partial charge in [0.1, 0.15) is 0 Å². The molecule has 29 heavy (non-hydrogen) atoms. The van der Waals surface area contributed by atoms with E-state index in [1.165, 1.54) is 5.56 Å². The van der Waals surface area contributed by atoms with Crippen LogP contribution in [0.25, 0.3) is 0 Å². The van der Waals surface area contributed by atoms with Crippen LogP contribution < -0.4 is 5.32 Å². The number of carbonyl (C=O) groups excluding carboxylic acids is 1. The highest BCUT2D eigenvalue weighted by Crippen LogP contribution is 2.41. The predicted octanol–water partition coefficient (Wildman–Crippen LogP) is 2.40. The number of halogens is 1. The molecule has 1 aromatic rings. The van der Waals surface area contributed by atoms with E-state index < -0.39 is 0 Å². The first-order valence-corrected chi connectivity index (χ1v) is 11.3. The van der Waals surface area contributed by atoms with Crippen molar-refractivity contribution in [3.8, 4) is 0 Å². The summed E-state index contributed by atoms with van der Waals surface area (Å²) in [6.45, 7) is 8.91. The average Bonchev–Trinajstić information content (AvgIpc) is 3.26. The predicted molar refractivity (Wildman–Crippen MR) is 118 cm³/mol. The van der Waals surface area contributed by atoms with E-state index in [1.807, 2.05) is 17.0 Å². The largest absolute Gasteiger partial charge is 0.353 e. The number of amides is 1. The SMILES string of the molecule is CCN=C(NC1CC1c1cccc(Cl)c1)N1CCN(CC(=O)N2CCCC2)CC1. The summed E-state index contributed by atoms with van der Waals surface area (Å²) < 4.78 is 0. The Morgan fingerprint density at radius 3 is 2.59 bits per heavy atom. The zero-order valence-corrected chi connectivity index (χ0v) is 18.1. The van der Waals surface area contributed by atoms with Gasteiger partial charge in [-0.05, 0) is 43.9 Å². The van der Waals surface area contributed by atoms with Gasteiger partial charge in [-0.25, -0.2) is 0 Å². The number of carbonyl (C=O) groups is 1. The molecule has 3 aliphatic rings. The van der Waals surface area contributed by atoms with Crippen molar-refractivity contribution in [2.24, 2.45) is 4.99 Å². The summed E-state index contributed by atoms with van der Waals surface area (Å²) in [6.07, 6.45) is 3.42. The maximum atomic E-state index is 12.4. The van der Waals surface area contributed by atoms with Crippen molar-refractivity contribution in [2.75, 3.05) is 52.4 Å². The molecule has 0 radical (unpaired) electrons. The molecule has 2 heterocycles. The molecule has 2 atom stereocenters. The molecular formula is C22H32ClN5O. The molecular weight excluding hydrogens is 386 g/mol. The topological polar surface area (TPSA) is 51.2 Å². The standard InChI is InChI=1S/C22H32ClN5O/c1-2-24-22(25-20-15-19(20)17-6-5-7-18(23)14-17)28-12-10-26(11-13-28)16-21(29)27-8-3-4-9-27/h5-7,14,19-20H,2-4,8-13,15-16H2,1H3,(H,24,25). The van der Waals surface area contributed by atoms with E-state index in [4.69, 9.17) is 16.6 Å². The van der Waals surface area contributed by atoms with Crippen LogP contribution in [0.1, 0.15) is 37.7 Å². The number of nitrogens with zero attached hydrogens (tertiary/aromatic N) is 4. The van der Waals surface area contributed by atoms with Crippen molar-refractivity contribution in [1.82, 2.24) is 20.0 Å². The molecule has 2 unspecified atom stereocenters. The number of piperazine rings is 1. The van der Waals surface area contributed by atoms with E-state index in [9.17, 15) is 4.79 Å². The van der Waals surface area contributed by atoms with Crippen molar-refractivity contribution >= 4 is 23.5 Å². The van der Waals surface area contributed by atoms with Crippen LogP contribution in [0.15, 0.2) is 29.3 Å². The van der Waals surface area contributed by atoms with Crippen LogP contribution in [-0.2, 0) is 4.79 Å². The third-order valence-corrected chi connectivity index (χ3v) is 6.41. The Kier molecular flexibility index (Phi) is 6.60. The number of guanidine groups is 1. The highest BCUT2D eigenvalue weighted by molar-refractivity contribution is 6.30. The lowest BCUT2D eigenvalue weighted by atomic mass is 10.1. The van der Waals surface area contributed by atoms with Gasteiger partial charge in [-0.3, -0.25) is 14.7 Å².